The lowest BCUT2D eigenvalue weighted by Crippen LogP contribution is -2.31. The Morgan fingerprint density at radius 1 is 1.15 bits per heavy atom. The summed E-state index contributed by atoms with van der Waals surface area (Å²) in [5.41, 5.74) is 2.96. The molecule has 1 aliphatic rings. The Bertz CT molecular complexity index is 761. The fraction of sp³-hybridized carbons (Fsp3) is 0.333. The van der Waals surface area contributed by atoms with Crippen LogP contribution in [0.15, 0.2) is 54.6 Å². The summed E-state index contributed by atoms with van der Waals surface area (Å²) in [7, 11) is 0. The summed E-state index contributed by atoms with van der Waals surface area (Å²) in [6, 6.07) is 17.6. The molecule has 2 aromatic carbocycles. The molecule has 0 spiro atoms. The van der Waals surface area contributed by atoms with Crippen LogP contribution in [0, 0.1) is 0 Å². The quantitative estimate of drug-likeness (QED) is 0.833. The van der Waals surface area contributed by atoms with Gasteiger partial charge >= 0.3 is 6.03 Å². The maximum Gasteiger partial charge on any atom is 0.319 e. The van der Waals surface area contributed by atoms with Gasteiger partial charge in [-0.3, -0.25) is 4.79 Å². The second kappa shape index (κ2) is 8.52. The maximum absolute atomic E-state index is 12.2. The Kier molecular flexibility index (Phi) is 5.89. The van der Waals surface area contributed by atoms with Crippen molar-refractivity contribution >= 4 is 17.6 Å². The van der Waals surface area contributed by atoms with Gasteiger partial charge in [-0.05, 0) is 35.6 Å². The van der Waals surface area contributed by atoms with Gasteiger partial charge in [0.25, 0.3) is 0 Å². The number of amides is 3. The summed E-state index contributed by atoms with van der Waals surface area (Å²) in [6.07, 6.45) is 1.57. The SMILES string of the molecule is C[C@H](CNC(=O)Nc1cccc(CN2CCCC2=O)c1)c1ccccc1. The third-order valence-electron chi connectivity index (χ3n) is 4.67. The first-order valence-corrected chi connectivity index (χ1v) is 9.08. The highest BCUT2D eigenvalue weighted by atomic mass is 16.2. The van der Waals surface area contributed by atoms with Gasteiger partial charge in [0, 0.05) is 31.7 Å². The molecular formula is C21H25N3O2. The van der Waals surface area contributed by atoms with Crippen molar-refractivity contribution in [2.24, 2.45) is 0 Å². The van der Waals surface area contributed by atoms with Gasteiger partial charge < -0.3 is 15.5 Å². The summed E-state index contributed by atoms with van der Waals surface area (Å²) in [6.45, 7) is 4.07. The van der Waals surface area contributed by atoms with Crippen molar-refractivity contribution in [3.63, 3.8) is 0 Å². The molecular weight excluding hydrogens is 326 g/mol. The van der Waals surface area contributed by atoms with Gasteiger partial charge in [0.15, 0.2) is 0 Å². The minimum atomic E-state index is -0.220. The number of likely N-dealkylation sites (tertiary alicyclic amines) is 1. The van der Waals surface area contributed by atoms with Gasteiger partial charge in [0.05, 0.1) is 0 Å². The van der Waals surface area contributed by atoms with E-state index in [1.807, 2.05) is 47.4 Å². The van der Waals surface area contributed by atoms with Crippen molar-refractivity contribution in [2.75, 3.05) is 18.4 Å². The summed E-state index contributed by atoms with van der Waals surface area (Å²) < 4.78 is 0. The zero-order valence-electron chi connectivity index (χ0n) is 15.1. The molecule has 0 unspecified atom stereocenters. The molecule has 0 saturated carbocycles. The Labute approximate surface area is 154 Å². The van der Waals surface area contributed by atoms with Crippen molar-refractivity contribution in [2.45, 2.75) is 32.2 Å². The molecule has 2 N–H and O–H groups in total. The average molecular weight is 351 g/mol. The minimum Gasteiger partial charge on any atom is -0.338 e. The van der Waals surface area contributed by atoms with Crippen molar-refractivity contribution < 1.29 is 9.59 Å². The first kappa shape index (κ1) is 18.0. The van der Waals surface area contributed by atoms with Crippen molar-refractivity contribution in [1.29, 1.82) is 0 Å². The number of carbonyl (C=O) groups excluding carboxylic acids is 2. The van der Waals surface area contributed by atoms with Crippen LogP contribution in [0.3, 0.4) is 0 Å². The predicted octanol–water partition coefficient (Wildman–Crippen LogP) is 3.73. The molecule has 1 saturated heterocycles. The Hall–Kier alpha value is -2.82. The van der Waals surface area contributed by atoms with Gasteiger partial charge in [-0.2, -0.15) is 0 Å². The topological polar surface area (TPSA) is 61.4 Å². The van der Waals surface area contributed by atoms with E-state index in [1.54, 1.807) is 0 Å². The standard InChI is InChI=1S/C21H25N3O2/c1-16(18-8-3-2-4-9-18)14-22-21(26)23-19-10-5-7-17(13-19)15-24-12-6-11-20(24)25/h2-5,7-10,13,16H,6,11-12,14-15H2,1H3,(H2,22,23,26)/t16-/m1/s1. The lowest BCUT2D eigenvalue weighted by atomic mass is 10.0. The highest BCUT2D eigenvalue weighted by molar-refractivity contribution is 5.89. The lowest BCUT2D eigenvalue weighted by Gasteiger charge is -2.17. The van der Waals surface area contributed by atoms with Crippen molar-refractivity contribution in [3.05, 3.63) is 65.7 Å². The second-order valence-corrected chi connectivity index (χ2v) is 6.77. The van der Waals surface area contributed by atoms with Gasteiger partial charge in [-0.15, -0.1) is 0 Å². The largest absolute Gasteiger partial charge is 0.338 e. The molecule has 5 heteroatoms. The molecule has 0 bridgehead atoms. The number of carbonyl (C=O) groups is 2. The summed E-state index contributed by atoms with van der Waals surface area (Å²) in [4.78, 5) is 25.8. The lowest BCUT2D eigenvalue weighted by molar-refractivity contribution is -0.128. The van der Waals surface area contributed by atoms with Crippen LogP contribution in [-0.4, -0.2) is 29.9 Å². The Morgan fingerprint density at radius 3 is 2.69 bits per heavy atom. The van der Waals surface area contributed by atoms with Crippen molar-refractivity contribution in [1.82, 2.24) is 10.2 Å². The first-order valence-electron chi connectivity index (χ1n) is 9.08. The molecule has 3 rings (SSSR count). The number of nitrogens with zero attached hydrogens (tertiary/aromatic N) is 1. The highest BCUT2D eigenvalue weighted by Gasteiger charge is 2.20. The van der Waals surface area contributed by atoms with Gasteiger partial charge in [-0.1, -0.05) is 49.4 Å². The van der Waals surface area contributed by atoms with Crippen LogP contribution in [0.2, 0.25) is 0 Å². The molecule has 1 atom stereocenters. The number of benzene rings is 2. The van der Waals surface area contributed by atoms with E-state index in [0.29, 0.717) is 19.5 Å². The molecule has 1 aliphatic heterocycles. The summed E-state index contributed by atoms with van der Waals surface area (Å²) >= 11 is 0. The monoisotopic (exact) mass is 351 g/mol. The van der Waals surface area contributed by atoms with Crippen molar-refractivity contribution in [3.8, 4) is 0 Å². The molecule has 3 amide bonds. The molecule has 26 heavy (non-hydrogen) atoms. The third kappa shape index (κ3) is 4.85. The van der Waals surface area contributed by atoms with E-state index >= 15 is 0 Å². The predicted molar refractivity (Wildman–Crippen MR) is 103 cm³/mol. The summed E-state index contributed by atoms with van der Waals surface area (Å²) in [5.74, 6) is 0.450. The maximum atomic E-state index is 12.2. The smallest absolute Gasteiger partial charge is 0.319 e. The van der Waals surface area contributed by atoms with E-state index in [9.17, 15) is 9.59 Å². The highest BCUT2D eigenvalue weighted by Crippen LogP contribution is 2.17. The average Bonchev–Trinajstić information content (AvgIpc) is 3.05. The number of rotatable bonds is 6. The zero-order chi connectivity index (χ0) is 18.4. The Morgan fingerprint density at radius 2 is 1.96 bits per heavy atom. The first-order chi connectivity index (χ1) is 12.6. The van der Waals surface area contributed by atoms with Gasteiger partial charge in [0.1, 0.15) is 0 Å². The fourth-order valence-electron chi connectivity index (χ4n) is 3.16. The number of nitrogens with one attached hydrogen (secondary N) is 2. The normalized spacial score (nSPS) is 15.0. The van der Waals surface area contributed by atoms with E-state index in [0.717, 1.165) is 24.2 Å². The third-order valence-corrected chi connectivity index (χ3v) is 4.67. The number of hydrogen-bond donors (Lipinski definition) is 2. The van der Waals surface area contributed by atoms with Crippen LogP contribution in [0.5, 0.6) is 0 Å². The molecule has 0 aromatic heterocycles. The van der Waals surface area contributed by atoms with Crippen LogP contribution in [0.25, 0.3) is 0 Å². The van der Waals surface area contributed by atoms with E-state index < -0.39 is 0 Å². The minimum absolute atomic E-state index is 0.205. The van der Waals surface area contributed by atoms with Gasteiger partial charge in [-0.25, -0.2) is 4.79 Å². The van der Waals surface area contributed by atoms with E-state index in [-0.39, 0.29) is 17.9 Å². The zero-order valence-corrected chi connectivity index (χ0v) is 15.1. The number of urea groups is 1. The fourth-order valence-corrected chi connectivity index (χ4v) is 3.16. The molecule has 0 aliphatic carbocycles. The number of anilines is 1. The van der Waals surface area contributed by atoms with Gasteiger partial charge in [0.2, 0.25) is 5.91 Å². The molecule has 136 valence electrons. The second-order valence-electron chi connectivity index (χ2n) is 6.77. The van der Waals surface area contributed by atoms with Crippen LogP contribution in [-0.2, 0) is 11.3 Å². The van der Waals surface area contributed by atoms with Crippen LogP contribution < -0.4 is 10.6 Å². The molecule has 5 nitrogen and oxygen atoms in total. The van der Waals surface area contributed by atoms with Crippen LogP contribution in [0.1, 0.15) is 36.8 Å². The van der Waals surface area contributed by atoms with Crippen LogP contribution in [0.4, 0.5) is 10.5 Å². The molecule has 1 fully saturated rings. The molecule has 1 heterocycles. The molecule has 2 aromatic rings. The van der Waals surface area contributed by atoms with E-state index in [2.05, 4.69) is 29.7 Å². The van der Waals surface area contributed by atoms with E-state index in [4.69, 9.17) is 0 Å². The van der Waals surface area contributed by atoms with Crippen LogP contribution >= 0.6 is 0 Å². The summed E-state index contributed by atoms with van der Waals surface area (Å²) in [5, 5.41) is 5.79. The molecule has 0 radical (unpaired) electrons. The Balaban J connectivity index is 1.51. The number of hydrogen-bond acceptors (Lipinski definition) is 2. The van der Waals surface area contributed by atoms with E-state index in [1.165, 1.54) is 5.56 Å².